The maximum atomic E-state index is 14.5. The summed E-state index contributed by atoms with van der Waals surface area (Å²) in [7, 11) is 0. The average Bonchev–Trinajstić information content (AvgIpc) is 3.23. The first kappa shape index (κ1) is 33.8. The summed E-state index contributed by atoms with van der Waals surface area (Å²) in [6.45, 7) is 14.0. The summed E-state index contributed by atoms with van der Waals surface area (Å²) in [4.78, 5) is 35.4. The molecule has 0 bridgehead atoms. The first-order valence-corrected chi connectivity index (χ1v) is 18.1. The number of amides is 1. The van der Waals surface area contributed by atoms with Crippen LogP contribution in [0.4, 0.5) is 11.4 Å². The number of nitrogens with zero attached hydrogens (tertiary/aromatic N) is 3. The zero-order valence-electron chi connectivity index (χ0n) is 30.2. The molecule has 0 radical (unpaired) electrons. The average molecular weight is 667 g/mol. The van der Waals surface area contributed by atoms with E-state index < -0.39 is 0 Å². The first-order valence-electron chi connectivity index (χ1n) is 18.1. The Morgan fingerprint density at radius 2 is 1.36 bits per heavy atom. The van der Waals surface area contributed by atoms with Crippen molar-refractivity contribution < 1.29 is 9.59 Å². The van der Waals surface area contributed by atoms with Crippen molar-refractivity contribution in [3.05, 3.63) is 143 Å². The Morgan fingerprint density at radius 3 is 1.96 bits per heavy atom. The minimum atomic E-state index is -0.385. The van der Waals surface area contributed by atoms with Crippen molar-refractivity contribution in [1.29, 1.82) is 0 Å². The number of anilines is 2. The van der Waals surface area contributed by atoms with Gasteiger partial charge in [-0.1, -0.05) is 132 Å². The minimum Gasteiger partial charge on any atom is -0.357 e. The highest BCUT2D eigenvalue weighted by atomic mass is 16.2. The molecule has 0 saturated carbocycles. The summed E-state index contributed by atoms with van der Waals surface area (Å²) in [6, 6.07) is 38.0. The first-order chi connectivity index (χ1) is 24.0. The van der Waals surface area contributed by atoms with Gasteiger partial charge in [0.2, 0.25) is 5.91 Å². The number of hydrogen-bond acceptors (Lipinski definition) is 5. The van der Waals surface area contributed by atoms with Gasteiger partial charge in [-0.25, -0.2) is 0 Å². The fourth-order valence-corrected chi connectivity index (χ4v) is 8.10. The molecule has 1 aliphatic carbocycles. The molecule has 2 aliphatic heterocycles. The highest BCUT2D eigenvalue weighted by Crippen LogP contribution is 2.48. The van der Waals surface area contributed by atoms with E-state index in [4.69, 9.17) is 0 Å². The van der Waals surface area contributed by atoms with Crippen LogP contribution in [0.3, 0.4) is 0 Å². The molecule has 4 aromatic carbocycles. The highest BCUT2D eigenvalue weighted by molar-refractivity contribution is 6.02. The van der Waals surface area contributed by atoms with Crippen molar-refractivity contribution in [3.8, 4) is 0 Å². The van der Waals surface area contributed by atoms with Crippen LogP contribution in [0, 0.1) is 5.41 Å². The van der Waals surface area contributed by atoms with Gasteiger partial charge in [0.25, 0.3) is 0 Å². The van der Waals surface area contributed by atoms with Gasteiger partial charge in [-0.3, -0.25) is 14.5 Å². The number of rotatable bonds is 6. The molecule has 50 heavy (non-hydrogen) atoms. The normalized spacial score (nSPS) is 19.5. The number of hydrogen-bond donors (Lipinski definition) is 1. The Bertz CT molecular complexity index is 1830. The molecule has 0 spiro atoms. The third kappa shape index (κ3) is 6.86. The number of benzene rings is 4. The fraction of sp³-hybridized carbons (Fsp3) is 0.364. The van der Waals surface area contributed by atoms with Gasteiger partial charge in [-0.05, 0) is 51.6 Å². The molecule has 6 heteroatoms. The van der Waals surface area contributed by atoms with Crippen LogP contribution in [0.2, 0.25) is 0 Å². The van der Waals surface area contributed by atoms with E-state index in [0.29, 0.717) is 19.5 Å². The SMILES string of the molecule is CC1(C)CC(=O)C2=C(C1)Nc1ccccc1N(CC(=O)N1CCN(C(c3ccccc3)c3ccccc3)CC1)C2c1ccc(C(C)(C)C)cc1. The Labute approximate surface area is 297 Å². The van der Waals surface area contributed by atoms with Crippen LogP contribution in [-0.4, -0.2) is 54.2 Å². The predicted molar refractivity (Wildman–Crippen MR) is 203 cm³/mol. The van der Waals surface area contributed by atoms with Crippen molar-refractivity contribution in [2.75, 3.05) is 42.9 Å². The summed E-state index contributed by atoms with van der Waals surface area (Å²) in [5, 5.41) is 3.70. The van der Waals surface area contributed by atoms with Gasteiger partial charge in [0.05, 0.1) is 30.0 Å². The molecule has 2 heterocycles. The molecule has 0 aromatic heterocycles. The minimum absolute atomic E-state index is 0.00305. The lowest BCUT2D eigenvalue weighted by molar-refractivity contribution is -0.131. The van der Waals surface area contributed by atoms with E-state index in [9.17, 15) is 9.59 Å². The predicted octanol–water partition coefficient (Wildman–Crippen LogP) is 8.53. The molecule has 1 amide bonds. The van der Waals surface area contributed by atoms with Crippen LogP contribution in [0.5, 0.6) is 0 Å². The molecule has 1 unspecified atom stereocenters. The number of para-hydroxylation sites is 2. The molecule has 4 aromatic rings. The zero-order chi connectivity index (χ0) is 35.0. The van der Waals surface area contributed by atoms with Crippen LogP contribution in [0.15, 0.2) is 120 Å². The molecule has 1 N–H and O–H groups in total. The van der Waals surface area contributed by atoms with E-state index in [1.54, 1.807) is 0 Å². The second-order valence-corrected chi connectivity index (χ2v) is 16.0. The van der Waals surface area contributed by atoms with Crippen LogP contribution in [0.25, 0.3) is 0 Å². The second kappa shape index (κ2) is 13.6. The second-order valence-electron chi connectivity index (χ2n) is 16.0. The van der Waals surface area contributed by atoms with Gasteiger partial charge in [-0.15, -0.1) is 0 Å². The van der Waals surface area contributed by atoms with Crippen molar-refractivity contribution >= 4 is 23.1 Å². The van der Waals surface area contributed by atoms with Gasteiger partial charge in [0, 0.05) is 43.9 Å². The van der Waals surface area contributed by atoms with E-state index in [2.05, 4.69) is 147 Å². The molecule has 258 valence electrons. The number of carbonyl (C=O) groups excluding carboxylic acids is 2. The Kier molecular flexibility index (Phi) is 9.17. The van der Waals surface area contributed by atoms with Gasteiger partial charge >= 0.3 is 0 Å². The largest absolute Gasteiger partial charge is 0.357 e. The topological polar surface area (TPSA) is 55.9 Å². The third-order valence-corrected chi connectivity index (χ3v) is 10.7. The smallest absolute Gasteiger partial charge is 0.242 e. The van der Waals surface area contributed by atoms with Crippen LogP contribution >= 0.6 is 0 Å². The number of Topliss-reactive ketones (excluding diaryl/α,β-unsaturated/α-hetero) is 1. The number of ketones is 1. The Morgan fingerprint density at radius 1 is 0.780 bits per heavy atom. The maximum absolute atomic E-state index is 14.5. The Hall–Kier alpha value is -4.68. The lowest BCUT2D eigenvalue weighted by Crippen LogP contribution is -2.52. The zero-order valence-corrected chi connectivity index (χ0v) is 30.2. The summed E-state index contributed by atoms with van der Waals surface area (Å²) in [5.74, 6) is 0.236. The fourth-order valence-electron chi connectivity index (χ4n) is 8.10. The van der Waals surface area contributed by atoms with Gasteiger partial charge < -0.3 is 15.1 Å². The van der Waals surface area contributed by atoms with Gasteiger partial charge in [0.1, 0.15) is 0 Å². The van der Waals surface area contributed by atoms with E-state index in [1.165, 1.54) is 16.7 Å². The summed E-state index contributed by atoms with van der Waals surface area (Å²) in [5.41, 5.74) is 8.28. The van der Waals surface area contributed by atoms with Crippen molar-refractivity contribution in [2.24, 2.45) is 5.41 Å². The standard InChI is InChI=1S/C44H50N4O2/c1-43(2,3)34-22-20-33(21-23-34)42-40-36(28-44(4,5)29-38(40)49)45-35-18-12-13-19-37(35)48(42)30-39(50)46-24-26-47(27-25-46)41(31-14-8-6-9-15-31)32-16-10-7-11-17-32/h6-23,41-42,45H,24-30H2,1-5H3. The monoisotopic (exact) mass is 666 g/mol. The number of allylic oxidation sites excluding steroid dienone is 1. The quantitative estimate of drug-likeness (QED) is 0.224. The summed E-state index contributed by atoms with van der Waals surface area (Å²) < 4.78 is 0. The molecule has 3 aliphatic rings. The summed E-state index contributed by atoms with van der Waals surface area (Å²) >= 11 is 0. The molecular weight excluding hydrogens is 617 g/mol. The highest BCUT2D eigenvalue weighted by Gasteiger charge is 2.42. The molecule has 7 rings (SSSR count). The molecule has 1 saturated heterocycles. The van der Waals surface area contributed by atoms with Gasteiger partial charge in [-0.2, -0.15) is 0 Å². The van der Waals surface area contributed by atoms with Crippen LogP contribution < -0.4 is 10.2 Å². The third-order valence-electron chi connectivity index (χ3n) is 10.7. The van der Waals surface area contributed by atoms with E-state index in [-0.39, 0.29) is 41.1 Å². The lowest BCUT2D eigenvalue weighted by Gasteiger charge is -2.41. The van der Waals surface area contributed by atoms with Crippen LogP contribution in [0.1, 0.15) is 81.8 Å². The Balaban J connectivity index is 1.20. The van der Waals surface area contributed by atoms with E-state index >= 15 is 0 Å². The number of piperazine rings is 1. The summed E-state index contributed by atoms with van der Waals surface area (Å²) in [6.07, 6.45) is 1.25. The van der Waals surface area contributed by atoms with Crippen LogP contribution in [-0.2, 0) is 15.0 Å². The van der Waals surface area contributed by atoms with E-state index in [0.717, 1.165) is 47.7 Å². The lowest BCUT2D eigenvalue weighted by atomic mass is 9.73. The number of carbonyl (C=O) groups is 2. The molecular formula is C44H50N4O2. The van der Waals surface area contributed by atoms with Crippen molar-refractivity contribution in [3.63, 3.8) is 0 Å². The molecule has 1 atom stereocenters. The van der Waals surface area contributed by atoms with E-state index in [1.807, 2.05) is 17.0 Å². The van der Waals surface area contributed by atoms with Crippen molar-refractivity contribution in [1.82, 2.24) is 9.80 Å². The molecule has 1 fully saturated rings. The molecule has 6 nitrogen and oxygen atoms in total. The number of fused-ring (bicyclic) bond motifs is 1. The number of nitrogens with one attached hydrogen (secondary N) is 1. The maximum Gasteiger partial charge on any atom is 0.242 e. The van der Waals surface area contributed by atoms with Crippen molar-refractivity contribution in [2.45, 2.75) is 65.0 Å². The van der Waals surface area contributed by atoms with Gasteiger partial charge in [0.15, 0.2) is 5.78 Å².